The molecule has 1 aliphatic carbocycles. The van der Waals surface area contributed by atoms with Gasteiger partial charge in [-0.25, -0.2) is 0 Å². The summed E-state index contributed by atoms with van der Waals surface area (Å²) in [5, 5.41) is 6.87. The van der Waals surface area contributed by atoms with Crippen molar-refractivity contribution in [3.63, 3.8) is 0 Å². The maximum atomic E-state index is 5.40. The van der Waals surface area contributed by atoms with Crippen molar-refractivity contribution >= 4 is 29.9 Å². The summed E-state index contributed by atoms with van der Waals surface area (Å²) in [6.45, 7) is 10.5. The average Bonchev–Trinajstić information content (AvgIpc) is 3.08. The highest BCUT2D eigenvalue weighted by atomic mass is 127. The highest BCUT2D eigenvalue weighted by Gasteiger charge is 2.33. The van der Waals surface area contributed by atoms with E-state index in [1.807, 2.05) is 0 Å². The smallest absolute Gasteiger partial charge is 0.191 e. The van der Waals surface area contributed by atoms with Gasteiger partial charge in [0.25, 0.3) is 0 Å². The number of halogens is 1. The quantitative estimate of drug-likeness (QED) is 0.309. The summed E-state index contributed by atoms with van der Waals surface area (Å²) >= 11 is 0. The van der Waals surface area contributed by atoms with Crippen molar-refractivity contribution in [2.24, 2.45) is 10.4 Å². The van der Waals surface area contributed by atoms with Crippen LogP contribution >= 0.6 is 24.0 Å². The van der Waals surface area contributed by atoms with Crippen LogP contribution in [0.25, 0.3) is 0 Å². The van der Waals surface area contributed by atoms with Crippen LogP contribution in [0.15, 0.2) is 4.99 Å². The van der Waals surface area contributed by atoms with Crippen LogP contribution in [0.3, 0.4) is 0 Å². The minimum Gasteiger partial charge on any atom is -0.385 e. The fourth-order valence-corrected chi connectivity index (χ4v) is 3.68. The second-order valence-electron chi connectivity index (χ2n) is 7.03. The number of methoxy groups -OCH3 is 1. The molecule has 2 N–H and O–H groups in total. The van der Waals surface area contributed by atoms with Gasteiger partial charge in [-0.1, -0.05) is 12.8 Å². The Bertz CT molecular complexity index is 370. The summed E-state index contributed by atoms with van der Waals surface area (Å²) in [6.07, 6.45) is 6.36. The van der Waals surface area contributed by atoms with Crippen molar-refractivity contribution in [2.45, 2.75) is 39.0 Å². The molecule has 7 heteroatoms. The van der Waals surface area contributed by atoms with Crippen LogP contribution in [-0.4, -0.2) is 77.1 Å². The van der Waals surface area contributed by atoms with E-state index in [0.717, 1.165) is 71.5 Å². The molecule has 6 nitrogen and oxygen atoms in total. The Balaban J connectivity index is 0.00000312. The third kappa shape index (κ3) is 8.41. The van der Waals surface area contributed by atoms with E-state index in [0.29, 0.717) is 5.41 Å². The van der Waals surface area contributed by atoms with Crippen LogP contribution in [0.4, 0.5) is 0 Å². The Morgan fingerprint density at radius 3 is 2.56 bits per heavy atom. The maximum Gasteiger partial charge on any atom is 0.191 e. The first-order valence-electron chi connectivity index (χ1n) is 9.59. The molecule has 2 rings (SSSR count). The number of morpholine rings is 1. The molecule has 0 aromatic heterocycles. The molecule has 1 aliphatic heterocycles. The molecule has 2 fully saturated rings. The van der Waals surface area contributed by atoms with Gasteiger partial charge in [0.15, 0.2) is 5.96 Å². The number of nitrogens with one attached hydrogen (secondary N) is 2. The van der Waals surface area contributed by atoms with Crippen molar-refractivity contribution in [1.29, 1.82) is 0 Å². The fourth-order valence-electron chi connectivity index (χ4n) is 3.68. The van der Waals surface area contributed by atoms with Crippen LogP contribution in [0.2, 0.25) is 0 Å². The van der Waals surface area contributed by atoms with Crippen molar-refractivity contribution < 1.29 is 9.47 Å². The number of ether oxygens (including phenoxy) is 2. The number of hydrogen-bond acceptors (Lipinski definition) is 4. The van der Waals surface area contributed by atoms with E-state index in [2.05, 4.69) is 22.5 Å². The van der Waals surface area contributed by atoms with Gasteiger partial charge in [0.05, 0.1) is 13.2 Å². The monoisotopic (exact) mass is 468 g/mol. The number of rotatable bonds is 9. The van der Waals surface area contributed by atoms with Crippen molar-refractivity contribution in [2.75, 3.05) is 66.2 Å². The molecule has 1 saturated carbocycles. The van der Waals surface area contributed by atoms with E-state index in [-0.39, 0.29) is 24.0 Å². The fraction of sp³-hybridized carbons (Fsp3) is 0.944. The molecule has 1 saturated heterocycles. The standard InChI is InChI=1S/C18H36N4O2.HI/c1-3-19-17(20-9-10-22-11-14-24-15-12-22)21-16-18(8-13-23-2)6-4-5-7-18;/h3-16H2,1-2H3,(H2,19,20,21);1H. The van der Waals surface area contributed by atoms with E-state index in [4.69, 9.17) is 14.5 Å². The van der Waals surface area contributed by atoms with E-state index in [9.17, 15) is 0 Å². The Morgan fingerprint density at radius 1 is 1.20 bits per heavy atom. The molecule has 25 heavy (non-hydrogen) atoms. The molecule has 0 spiro atoms. The zero-order valence-electron chi connectivity index (χ0n) is 16.0. The average molecular weight is 468 g/mol. The number of aliphatic imine (C=N–C) groups is 1. The lowest BCUT2D eigenvalue weighted by Gasteiger charge is -2.28. The van der Waals surface area contributed by atoms with Gasteiger partial charge < -0.3 is 20.1 Å². The maximum absolute atomic E-state index is 5.40. The largest absolute Gasteiger partial charge is 0.385 e. The van der Waals surface area contributed by atoms with E-state index < -0.39 is 0 Å². The lowest BCUT2D eigenvalue weighted by atomic mass is 9.83. The van der Waals surface area contributed by atoms with Crippen LogP contribution < -0.4 is 10.6 Å². The first kappa shape index (κ1) is 22.9. The van der Waals surface area contributed by atoms with Crippen molar-refractivity contribution in [1.82, 2.24) is 15.5 Å². The summed E-state index contributed by atoms with van der Waals surface area (Å²) in [6, 6.07) is 0. The molecule has 0 bridgehead atoms. The highest BCUT2D eigenvalue weighted by Crippen LogP contribution is 2.41. The van der Waals surface area contributed by atoms with Crippen LogP contribution in [0.1, 0.15) is 39.0 Å². The second-order valence-corrected chi connectivity index (χ2v) is 7.03. The zero-order chi connectivity index (χ0) is 17.1. The molecule has 0 unspecified atom stereocenters. The molecule has 0 atom stereocenters. The number of guanidine groups is 1. The van der Waals surface area contributed by atoms with Gasteiger partial charge in [-0.15, -0.1) is 24.0 Å². The zero-order valence-corrected chi connectivity index (χ0v) is 18.3. The van der Waals surface area contributed by atoms with Gasteiger partial charge in [0.2, 0.25) is 0 Å². The van der Waals surface area contributed by atoms with Gasteiger partial charge in [-0.2, -0.15) is 0 Å². The molecule has 0 aromatic carbocycles. The predicted octanol–water partition coefficient (Wildman–Crippen LogP) is 2.09. The van der Waals surface area contributed by atoms with E-state index in [1.54, 1.807) is 7.11 Å². The third-order valence-corrected chi connectivity index (χ3v) is 5.24. The Labute approximate surface area is 170 Å². The SMILES string of the molecule is CCNC(=NCC1(CCOC)CCCC1)NCCN1CCOCC1.I. The predicted molar refractivity (Wildman–Crippen MR) is 114 cm³/mol. The Morgan fingerprint density at radius 2 is 1.92 bits per heavy atom. The minimum absolute atomic E-state index is 0. The van der Waals surface area contributed by atoms with Gasteiger partial charge in [-0.05, 0) is 31.6 Å². The topological polar surface area (TPSA) is 58.1 Å². The first-order valence-corrected chi connectivity index (χ1v) is 9.59. The first-order chi connectivity index (χ1) is 11.8. The summed E-state index contributed by atoms with van der Waals surface area (Å²) in [5.41, 5.74) is 0.350. The van der Waals surface area contributed by atoms with Crippen LogP contribution in [0, 0.1) is 5.41 Å². The van der Waals surface area contributed by atoms with E-state index >= 15 is 0 Å². The van der Waals surface area contributed by atoms with E-state index in [1.165, 1.54) is 25.7 Å². The minimum atomic E-state index is 0. The molecule has 148 valence electrons. The number of hydrogen-bond donors (Lipinski definition) is 2. The lowest BCUT2D eigenvalue weighted by Crippen LogP contribution is -2.44. The van der Waals surface area contributed by atoms with Crippen LogP contribution in [0.5, 0.6) is 0 Å². The molecular weight excluding hydrogens is 431 g/mol. The Hall–Kier alpha value is -0.120. The lowest BCUT2D eigenvalue weighted by molar-refractivity contribution is 0.0389. The molecule has 0 radical (unpaired) electrons. The molecule has 1 heterocycles. The molecular formula is C18H37IN4O2. The Kier molecular flexibility index (Phi) is 12.0. The van der Waals surface area contributed by atoms with Crippen molar-refractivity contribution in [3.05, 3.63) is 0 Å². The van der Waals surface area contributed by atoms with Gasteiger partial charge in [0.1, 0.15) is 0 Å². The van der Waals surface area contributed by atoms with Gasteiger partial charge in [0, 0.05) is 53.0 Å². The normalized spacial score (nSPS) is 21.0. The highest BCUT2D eigenvalue weighted by molar-refractivity contribution is 14.0. The summed E-state index contributed by atoms with van der Waals surface area (Å²) in [4.78, 5) is 7.34. The van der Waals surface area contributed by atoms with Crippen LogP contribution in [-0.2, 0) is 9.47 Å². The van der Waals surface area contributed by atoms with Gasteiger partial charge in [-0.3, -0.25) is 9.89 Å². The summed E-state index contributed by atoms with van der Waals surface area (Å²) in [7, 11) is 1.79. The number of nitrogens with zero attached hydrogens (tertiary/aromatic N) is 2. The second kappa shape index (κ2) is 13.1. The summed E-state index contributed by atoms with van der Waals surface area (Å²) < 4.78 is 10.7. The summed E-state index contributed by atoms with van der Waals surface area (Å²) in [5.74, 6) is 0.953. The molecule has 0 amide bonds. The third-order valence-electron chi connectivity index (χ3n) is 5.24. The van der Waals surface area contributed by atoms with Gasteiger partial charge >= 0.3 is 0 Å². The molecule has 2 aliphatic rings. The molecule has 0 aromatic rings. The van der Waals surface area contributed by atoms with Crippen molar-refractivity contribution in [3.8, 4) is 0 Å².